The van der Waals surface area contributed by atoms with Crippen molar-refractivity contribution in [2.24, 2.45) is 0 Å². The van der Waals surface area contributed by atoms with Crippen molar-refractivity contribution in [3.63, 3.8) is 0 Å². The van der Waals surface area contributed by atoms with E-state index in [0.29, 0.717) is 5.56 Å². The minimum atomic E-state index is 0.258. The van der Waals surface area contributed by atoms with Gasteiger partial charge in [0.2, 0.25) is 0 Å². The van der Waals surface area contributed by atoms with Crippen molar-refractivity contribution in [1.82, 2.24) is 4.98 Å². The Morgan fingerprint density at radius 1 is 1.75 bits per heavy atom. The van der Waals surface area contributed by atoms with Crippen molar-refractivity contribution in [1.29, 1.82) is 5.26 Å². The Labute approximate surface area is 78.1 Å². The number of hydrogen-bond donors (Lipinski definition) is 0. The number of aromatic nitrogens is 1. The Hall–Kier alpha value is -1.10. The van der Waals surface area contributed by atoms with Crippen LogP contribution in [0.4, 0.5) is 0 Å². The molecule has 1 rings (SSSR count). The van der Waals surface area contributed by atoms with E-state index in [1.165, 1.54) is 0 Å². The number of nitriles is 1. The normalized spacial score (nSPS) is 8.92. The van der Waals surface area contributed by atoms with Gasteiger partial charge in [-0.2, -0.15) is 0 Å². The van der Waals surface area contributed by atoms with Gasteiger partial charge in [0.25, 0.3) is 0 Å². The van der Waals surface area contributed by atoms with Crippen molar-refractivity contribution in [3.8, 4) is 6.07 Å². The van der Waals surface area contributed by atoms with E-state index in [0.717, 1.165) is 9.91 Å². The van der Waals surface area contributed by atoms with Crippen LogP contribution >= 0.6 is 0 Å². The van der Waals surface area contributed by atoms with Crippen molar-refractivity contribution in [3.05, 3.63) is 36.5 Å². The third-order valence-corrected chi connectivity index (χ3v) is 3.33. The second-order valence-corrected chi connectivity index (χ2v) is 4.18. The summed E-state index contributed by atoms with van der Waals surface area (Å²) in [5.41, 5.74) is 0.694. The zero-order valence-corrected chi connectivity index (χ0v) is 8.24. The molecule has 1 heterocycles. The zero-order chi connectivity index (χ0) is 8.81. The molecule has 2 nitrogen and oxygen atoms in total. The van der Waals surface area contributed by atoms with Gasteiger partial charge in [-0.1, -0.05) is 0 Å². The van der Waals surface area contributed by atoms with Gasteiger partial charge in [-0.15, -0.1) is 0 Å². The molecule has 0 bridgehead atoms. The second-order valence-electron chi connectivity index (χ2n) is 2.07. The molecule has 3 heteroatoms. The molecule has 0 saturated carbocycles. The van der Waals surface area contributed by atoms with E-state index in [1.807, 2.05) is 6.08 Å². The van der Waals surface area contributed by atoms with Gasteiger partial charge in [0, 0.05) is 0 Å². The molecule has 0 unspecified atom stereocenters. The van der Waals surface area contributed by atoms with Gasteiger partial charge >= 0.3 is 77.7 Å². The summed E-state index contributed by atoms with van der Waals surface area (Å²) in [6, 6.07) is 5.71. The molecule has 1 aromatic rings. The number of rotatable bonds is 3. The zero-order valence-electron chi connectivity index (χ0n) is 6.53. The number of pyridine rings is 1. The average molecular weight is 223 g/mol. The molecular formula is C9H8N2Se. The van der Waals surface area contributed by atoms with Crippen LogP contribution in [-0.4, -0.2) is 19.9 Å². The van der Waals surface area contributed by atoms with Crippen LogP contribution in [0.2, 0.25) is 5.32 Å². The molecule has 0 aliphatic heterocycles. The Balaban J connectivity index is 2.83. The van der Waals surface area contributed by atoms with Crippen molar-refractivity contribution in [2.45, 2.75) is 5.32 Å². The molecule has 1 aromatic heterocycles. The first-order valence-corrected chi connectivity index (χ1v) is 5.54. The van der Waals surface area contributed by atoms with Crippen LogP contribution < -0.4 is 4.59 Å². The summed E-state index contributed by atoms with van der Waals surface area (Å²) in [5.74, 6) is 0. The summed E-state index contributed by atoms with van der Waals surface area (Å²) in [5, 5.41) is 9.64. The van der Waals surface area contributed by atoms with E-state index in [2.05, 4.69) is 17.6 Å². The molecular weight excluding hydrogens is 215 g/mol. The Morgan fingerprint density at radius 3 is 3.25 bits per heavy atom. The molecule has 0 amide bonds. The molecule has 0 saturated heterocycles. The molecule has 0 aliphatic rings. The maximum absolute atomic E-state index is 8.71. The van der Waals surface area contributed by atoms with E-state index < -0.39 is 0 Å². The SMILES string of the molecule is C=CC[Se]c1ncccc1C#N. The van der Waals surface area contributed by atoms with Crippen LogP contribution in [0.25, 0.3) is 0 Å². The van der Waals surface area contributed by atoms with Crippen molar-refractivity contribution >= 4 is 19.5 Å². The second kappa shape index (κ2) is 4.71. The van der Waals surface area contributed by atoms with Crippen LogP contribution in [0.5, 0.6) is 0 Å². The van der Waals surface area contributed by atoms with Gasteiger partial charge in [0.15, 0.2) is 0 Å². The quantitative estimate of drug-likeness (QED) is 0.563. The first-order chi connectivity index (χ1) is 5.88. The van der Waals surface area contributed by atoms with E-state index in [1.54, 1.807) is 18.3 Å². The van der Waals surface area contributed by atoms with Gasteiger partial charge in [0.05, 0.1) is 0 Å². The third kappa shape index (κ3) is 2.20. The standard InChI is InChI=1S/C9H8N2Se/c1-2-6-12-9-8(7-10)4-3-5-11-9/h2-5H,1,6H2. The average Bonchev–Trinajstić information content (AvgIpc) is 2.15. The molecule has 0 aromatic carbocycles. The number of hydrogen-bond acceptors (Lipinski definition) is 2. The third-order valence-electron chi connectivity index (χ3n) is 1.23. The van der Waals surface area contributed by atoms with E-state index >= 15 is 0 Å². The fourth-order valence-electron chi connectivity index (χ4n) is 0.729. The van der Waals surface area contributed by atoms with Crippen LogP contribution in [0.1, 0.15) is 5.56 Å². The summed E-state index contributed by atoms with van der Waals surface area (Å²) in [6.45, 7) is 3.64. The van der Waals surface area contributed by atoms with E-state index in [-0.39, 0.29) is 15.0 Å². The molecule has 0 fully saturated rings. The van der Waals surface area contributed by atoms with Crippen LogP contribution in [0, 0.1) is 11.3 Å². The predicted molar refractivity (Wildman–Crippen MR) is 49.3 cm³/mol. The Bertz CT molecular complexity index is 315. The molecule has 12 heavy (non-hydrogen) atoms. The van der Waals surface area contributed by atoms with E-state index in [9.17, 15) is 0 Å². The van der Waals surface area contributed by atoms with Gasteiger partial charge in [-0.25, -0.2) is 0 Å². The summed E-state index contributed by atoms with van der Waals surface area (Å²) in [6.07, 6.45) is 3.58. The topological polar surface area (TPSA) is 36.7 Å². The number of allylic oxidation sites excluding steroid dienone is 1. The van der Waals surface area contributed by atoms with Gasteiger partial charge < -0.3 is 0 Å². The first kappa shape index (κ1) is 8.99. The Morgan fingerprint density at radius 2 is 2.58 bits per heavy atom. The minimum absolute atomic E-state index is 0.258. The Kier molecular flexibility index (Phi) is 3.53. The van der Waals surface area contributed by atoms with E-state index in [4.69, 9.17) is 5.26 Å². The van der Waals surface area contributed by atoms with Crippen LogP contribution in [0.15, 0.2) is 31.0 Å². The predicted octanol–water partition coefficient (Wildman–Crippen LogP) is 0.887. The summed E-state index contributed by atoms with van der Waals surface area (Å²) in [7, 11) is 0. The summed E-state index contributed by atoms with van der Waals surface area (Å²) in [4.78, 5) is 4.14. The maximum atomic E-state index is 8.71. The van der Waals surface area contributed by atoms with Crippen LogP contribution in [-0.2, 0) is 0 Å². The summed E-state index contributed by atoms with van der Waals surface area (Å²) >= 11 is 0.258. The number of nitrogens with zero attached hydrogens (tertiary/aromatic N) is 2. The van der Waals surface area contributed by atoms with Gasteiger partial charge in [-0.05, 0) is 0 Å². The fraction of sp³-hybridized carbons (Fsp3) is 0.111. The molecule has 0 aliphatic carbocycles. The monoisotopic (exact) mass is 224 g/mol. The van der Waals surface area contributed by atoms with Crippen LogP contribution in [0.3, 0.4) is 0 Å². The first-order valence-electron chi connectivity index (χ1n) is 3.47. The van der Waals surface area contributed by atoms with Gasteiger partial charge in [-0.3, -0.25) is 0 Å². The summed E-state index contributed by atoms with van der Waals surface area (Å²) < 4.78 is 0.924. The molecule has 0 spiro atoms. The fourth-order valence-corrected chi connectivity index (χ4v) is 2.16. The molecule has 0 atom stereocenters. The van der Waals surface area contributed by atoms with Gasteiger partial charge in [0.1, 0.15) is 0 Å². The molecule has 0 N–H and O–H groups in total. The molecule has 0 radical (unpaired) electrons. The van der Waals surface area contributed by atoms with Crippen molar-refractivity contribution < 1.29 is 0 Å². The molecule has 60 valence electrons. The van der Waals surface area contributed by atoms with Crippen molar-refractivity contribution in [2.75, 3.05) is 0 Å².